The highest BCUT2D eigenvalue weighted by Crippen LogP contribution is 2.35. The second-order valence-corrected chi connectivity index (χ2v) is 6.27. The summed E-state index contributed by atoms with van der Waals surface area (Å²) in [6, 6.07) is 2.22. The van der Waals surface area contributed by atoms with E-state index in [4.69, 9.17) is 0 Å². The number of aromatic nitrogens is 1. The predicted octanol–water partition coefficient (Wildman–Crippen LogP) is 4.26. The van der Waals surface area contributed by atoms with Gasteiger partial charge in [-0.15, -0.1) is 0 Å². The zero-order valence-electron chi connectivity index (χ0n) is 13.3. The number of hydrogen-bond donors (Lipinski definition) is 1. The van der Waals surface area contributed by atoms with Gasteiger partial charge in [0, 0.05) is 17.4 Å². The molecule has 2 aromatic rings. The number of fused-ring (bicyclic) bond motifs is 1. The van der Waals surface area contributed by atoms with E-state index in [2.05, 4.69) is 4.98 Å². The maximum atomic E-state index is 13.1. The summed E-state index contributed by atoms with van der Waals surface area (Å²) in [5.74, 6) is -0.558. The summed E-state index contributed by atoms with van der Waals surface area (Å²) in [4.78, 5) is 16.7. The number of H-pyrrole nitrogens is 1. The molecule has 1 aliphatic rings. The third kappa shape index (κ3) is 2.50. The average Bonchev–Trinajstić information content (AvgIpc) is 3.07. The first kappa shape index (κ1) is 15.9. The van der Waals surface area contributed by atoms with Crippen LogP contribution in [-0.2, 0) is 0 Å². The molecule has 1 atom stereocenters. The number of nitrogens with zero attached hydrogens (tertiary/aromatic N) is 1. The van der Waals surface area contributed by atoms with E-state index in [9.17, 15) is 18.0 Å². The number of alkyl halides is 3. The van der Waals surface area contributed by atoms with Crippen LogP contribution in [0.2, 0.25) is 0 Å². The molecule has 0 bridgehead atoms. The summed E-state index contributed by atoms with van der Waals surface area (Å²) in [6.45, 7) is 5.79. The highest BCUT2D eigenvalue weighted by molar-refractivity contribution is 6.02. The van der Waals surface area contributed by atoms with Crippen LogP contribution in [0.15, 0.2) is 12.1 Å². The number of nitrogens with one attached hydrogen (secondary N) is 1. The molecule has 6 heteroatoms. The standard InChI is InChI=1S/C17H19F3N2O/c1-9-6-7-10(2)14-13(9)11(3)15(21-14)16(23)22-8-4-5-12(22)17(18,19)20/h6-7,12,21H,4-5,8H2,1-3H3. The van der Waals surface area contributed by atoms with Crippen molar-refractivity contribution in [2.24, 2.45) is 0 Å². The molecule has 23 heavy (non-hydrogen) atoms. The molecule has 1 aliphatic heterocycles. The fourth-order valence-electron chi connectivity index (χ4n) is 3.51. The Labute approximate surface area is 132 Å². The number of benzene rings is 1. The van der Waals surface area contributed by atoms with E-state index in [-0.39, 0.29) is 18.7 Å². The van der Waals surface area contributed by atoms with Crippen LogP contribution < -0.4 is 0 Å². The minimum absolute atomic E-state index is 0.0213. The van der Waals surface area contributed by atoms with Crippen LogP contribution in [0.4, 0.5) is 13.2 Å². The zero-order valence-corrected chi connectivity index (χ0v) is 13.3. The van der Waals surface area contributed by atoms with Gasteiger partial charge < -0.3 is 9.88 Å². The first-order valence-electron chi connectivity index (χ1n) is 7.68. The second kappa shape index (κ2) is 5.28. The quantitative estimate of drug-likeness (QED) is 0.836. The maximum Gasteiger partial charge on any atom is 0.408 e. The van der Waals surface area contributed by atoms with Gasteiger partial charge in [-0.2, -0.15) is 13.2 Å². The topological polar surface area (TPSA) is 36.1 Å². The van der Waals surface area contributed by atoms with Crippen molar-refractivity contribution in [3.8, 4) is 0 Å². The number of halogens is 3. The van der Waals surface area contributed by atoms with Crippen molar-refractivity contribution in [2.75, 3.05) is 6.54 Å². The van der Waals surface area contributed by atoms with Gasteiger partial charge in [-0.3, -0.25) is 4.79 Å². The van der Waals surface area contributed by atoms with Gasteiger partial charge in [0.2, 0.25) is 0 Å². The van der Waals surface area contributed by atoms with Crippen molar-refractivity contribution >= 4 is 16.8 Å². The maximum absolute atomic E-state index is 13.1. The number of carbonyl (C=O) groups is 1. The minimum atomic E-state index is -4.38. The highest BCUT2D eigenvalue weighted by Gasteiger charge is 2.48. The Morgan fingerprint density at radius 2 is 1.87 bits per heavy atom. The molecular formula is C17H19F3N2O. The van der Waals surface area contributed by atoms with E-state index < -0.39 is 18.1 Å². The average molecular weight is 324 g/mol. The van der Waals surface area contributed by atoms with Crippen molar-refractivity contribution < 1.29 is 18.0 Å². The number of aryl methyl sites for hydroxylation is 3. The van der Waals surface area contributed by atoms with Crippen LogP contribution >= 0.6 is 0 Å². The van der Waals surface area contributed by atoms with E-state index in [1.807, 2.05) is 26.0 Å². The molecule has 3 nitrogen and oxygen atoms in total. The predicted molar refractivity (Wildman–Crippen MR) is 82.6 cm³/mol. The minimum Gasteiger partial charge on any atom is -0.350 e. The van der Waals surface area contributed by atoms with Gasteiger partial charge >= 0.3 is 6.18 Å². The van der Waals surface area contributed by atoms with Gasteiger partial charge in [0.25, 0.3) is 5.91 Å². The fourth-order valence-corrected chi connectivity index (χ4v) is 3.51. The van der Waals surface area contributed by atoms with Crippen LogP contribution in [0.3, 0.4) is 0 Å². The van der Waals surface area contributed by atoms with Crippen LogP contribution in [0, 0.1) is 20.8 Å². The molecule has 0 spiro atoms. The monoisotopic (exact) mass is 324 g/mol. The molecule has 1 aromatic heterocycles. The van der Waals surface area contributed by atoms with Gasteiger partial charge in [0.15, 0.2) is 0 Å². The third-order valence-electron chi connectivity index (χ3n) is 4.73. The first-order valence-corrected chi connectivity index (χ1v) is 7.68. The van der Waals surface area contributed by atoms with E-state index in [1.54, 1.807) is 6.92 Å². The molecule has 1 unspecified atom stereocenters. The molecule has 124 valence electrons. The molecule has 0 radical (unpaired) electrons. The van der Waals surface area contributed by atoms with Crippen molar-refractivity contribution in [1.29, 1.82) is 0 Å². The number of carbonyl (C=O) groups excluding carboxylic acids is 1. The Kier molecular flexibility index (Phi) is 3.65. The smallest absolute Gasteiger partial charge is 0.350 e. The normalized spacial score (nSPS) is 18.9. The van der Waals surface area contributed by atoms with Gasteiger partial charge in [0.1, 0.15) is 11.7 Å². The summed E-state index contributed by atoms with van der Waals surface area (Å²) in [5.41, 5.74) is 3.80. The summed E-state index contributed by atoms with van der Waals surface area (Å²) in [6.07, 6.45) is -4.02. The molecule has 1 fully saturated rings. The van der Waals surface area contributed by atoms with Crippen molar-refractivity contribution in [3.05, 3.63) is 34.5 Å². The fraction of sp³-hybridized carbons (Fsp3) is 0.471. The van der Waals surface area contributed by atoms with Gasteiger partial charge in [-0.1, -0.05) is 12.1 Å². The lowest BCUT2D eigenvalue weighted by Crippen LogP contribution is -2.44. The van der Waals surface area contributed by atoms with E-state index in [0.29, 0.717) is 6.42 Å². The number of hydrogen-bond acceptors (Lipinski definition) is 1. The lowest BCUT2D eigenvalue weighted by molar-refractivity contribution is -0.169. The molecule has 0 saturated carbocycles. The van der Waals surface area contributed by atoms with E-state index in [1.165, 1.54) is 0 Å². The molecule has 1 aromatic carbocycles. The van der Waals surface area contributed by atoms with E-state index >= 15 is 0 Å². The lowest BCUT2D eigenvalue weighted by atomic mass is 10.0. The number of amides is 1. The van der Waals surface area contributed by atoms with Gasteiger partial charge in [-0.25, -0.2) is 0 Å². The Morgan fingerprint density at radius 3 is 2.48 bits per heavy atom. The highest BCUT2D eigenvalue weighted by atomic mass is 19.4. The molecule has 1 N–H and O–H groups in total. The molecule has 1 saturated heterocycles. The SMILES string of the molecule is Cc1ccc(C)c2c(C)c(C(=O)N3CCCC3C(F)(F)F)[nH]c12. The van der Waals surface area contributed by atoms with Crippen LogP contribution in [0.25, 0.3) is 10.9 Å². The van der Waals surface area contributed by atoms with Crippen molar-refractivity contribution in [1.82, 2.24) is 9.88 Å². The molecular weight excluding hydrogens is 305 g/mol. The van der Waals surface area contributed by atoms with Crippen LogP contribution in [0.5, 0.6) is 0 Å². The number of rotatable bonds is 1. The molecule has 1 amide bonds. The lowest BCUT2D eigenvalue weighted by Gasteiger charge is -2.26. The van der Waals surface area contributed by atoms with Crippen LogP contribution in [0.1, 0.15) is 40.0 Å². The van der Waals surface area contributed by atoms with Crippen LogP contribution in [-0.4, -0.2) is 34.6 Å². The van der Waals surface area contributed by atoms with Gasteiger partial charge in [0.05, 0.1) is 0 Å². The van der Waals surface area contributed by atoms with E-state index in [0.717, 1.165) is 32.5 Å². The van der Waals surface area contributed by atoms with Gasteiger partial charge in [-0.05, 0) is 50.3 Å². The number of aromatic amines is 1. The Morgan fingerprint density at radius 1 is 1.22 bits per heavy atom. The first-order chi connectivity index (χ1) is 10.7. The van der Waals surface area contributed by atoms with Crippen molar-refractivity contribution in [3.63, 3.8) is 0 Å². The third-order valence-corrected chi connectivity index (χ3v) is 4.73. The summed E-state index contributed by atoms with van der Waals surface area (Å²) in [5, 5.41) is 0.927. The molecule has 3 rings (SSSR count). The Hall–Kier alpha value is -1.98. The Balaban J connectivity index is 2.07. The molecule has 0 aliphatic carbocycles. The van der Waals surface area contributed by atoms with Crippen molar-refractivity contribution in [2.45, 2.75) is 45.8 Å². The zero-order chi connectivity index (χ0) is 16.9. The second-order valence-electron chi connectivity index (χ2n) is 6.27. The summed E-state index contributed by atoms with van der Waals surface area (Å²) < 4.78 is 39.3. The summed E-state index contributed by atoms with van der Waals surface area (Å²) >= 11 is 0. The summed E-state index contributed by atoms with van der Waals surface area (Å²) in [7, 11) is 0. The number of likely N-dealkylation sites (tertiary alicyclic amines) is 1. The Bertz CT molecular complexity index is 776. The molecule has 2 heterocycles. The largest absolute Gasteiger partial charge is 0.408 e.